The molecule has 0 aromatic rings. The first-order valence-corrected chi connectivity index (χ1v) is 10.3. The standard InChI is InChI=1S/C20H35N3O3/c1-15(2)12-18(24)23-17(19(25)22-10-8-21(4)9-11-22)14-26-20(23)7-5-6-16(3)13-20/h15-17H,5-14H2,1-4H3/t16-,17+,20-/m1/s1. The predicted octanol–water partition coefficient (Wildman–Crippen LogP) is 1.94. The van der Waals surface area contributed by atoms with E-state index in [0.717, 1.165) is 45.4 Å². The highest BCUT2D eigenvalue weighted by atomic mass is 16.5. The third-order valence-corrected chi connectivity index (χ3v) is 6.14. The maximum atomic E-state index is 13.2. The summed E-state index contributed by atoms with van der Waals surface area (Å²) in [5.74, 6) is 0.959. The molecule has 0 radical (unpaired) electrons. The Balaban J connectivity index is 1.81. The Morgan fingerprint density at radius 2 is 1.88 bits per heavy atom. The van der Waals surface area contributed by atoms with Crippen LogP contribution < -0.4 is 0 Å². The minimum absolute atomic E-state index is 0.0744. The van der Waals surface area contributed by atoms with E-state index in [9.17, 15) is 9.59 Å². The number of rotatable bonds is 3. The van der Waals surface area contributed by atoms with Gasteiger partial charge in [-0.25, -0.2) is 0 Å². The molecular weight excluding hydrogens is 330 g/mol. The highest BCUT2D eigenvalue weighted by molar-refractivity contribution is 5.89. The molecule has 0 aromatic carbocycles. The molecular formula is C20H35N3O3. The summed E-state index contributed by atoms with van der Waals surface area (Å²) in [5, 5.41) is 0. The van der Waals surface area contributed by atoms with Crippen molar-refractivity contribution in [2.24, 2.45) is 11.8 Å². The zero-order valence-electron chi connectivity index (χ0n) is 16.9. The summed E-state index contributed by atoms with van der Waals surface area (Å²) < 4.78 is 6.26. The molecule has 148 valence electrons. The van der Waals surface area contributed by atoms with Gasteiger partial charge in [-0.05, 0) is 38.1 Å². The van der Waals surface area contributed by atoms with Gasteiger partial charge in [0, 0.05) is 32.6 Å². The Morgan fingerprint density at radius 1 is 1.19 bits per heavy atom. The fraction of sp³-hybridized carbons (Fsp3) is 0.900. The van der Waals surface area contributed by atoms with Crippen LogP contribution >= 0.6 is 0 Å². The van der Waals surface area contributed by atoms with E-state index >= 15 is 0 Å². The molecule has 3 aliphatic rings. The molecule has 2 amide bonds. The Labute approximate surface area is 157 Å². The average Bonchev–Trinajstić information content (AvgIpc) is 2.92. The van der Waals surface area contributed by atoms with Crippen molar-refractivity contribution >= 4 is 11.8 Å². The number of carbonyl (C=O) groups is 2. The molecule has 0 bridgehead atoms. The molecule has 1 aliphatic carbocycles. The van der Waals surface area contributed by atoms with E-state index in [1.165, 1.54) is 6.42 Å². The second-order valence-corrected chi connectivity index (χ2v) is 8.96. The zero-order valence-corrected chi connectivity index (χ0v) is 16.9. The summed E-state index contributed by atoms with van der Waals surface area (Å²) in [6.07, 6.45) is 4.42. The summed E-state index contributed by atoms with van der Waals surface area (Å²) in [6.45, 7) is 9.95. The fourth-order valence-electron chi connectivity index (χ4n) is 4.76. The molecule has 1 saturated carbocycles. The lowest BCUT2D eigenvalue weighted by molar-refractivity contribution is -0.165. The molecule has 1 spiro atoms. The van der Waals surface area contributed by atoms with Crippen LogP contribution in [-0.4, -0.2) is 78.1 Å². The van der Waals surface area contributed by atoms with Crippen molar-refractivity contribution in [3.63, 3.8) is 0 Å². The van der Waals surface area contributed by atoms with Crippen molar-refractivity contribution in [1.82, 2.24) is 14.7 Å². The molecule has 6 heteroatoms. The summed E-state index contributed by atoms with van der Waals surface area (Å²) in [6, 6.07) is -0.449. The number of hydrogen-bond donors (Lipinski definition) is 0. The van der Waals surface area contributed by atoms with Crippen LogP contribution in [0.2, 0.25) is 0 Å². The van der Waals surface area contributed by atoms with Gasteiger partial charge in [0.15, 0.2) is 0 Å². The van der Waals surface area contributed by atoms with E-state index in [4.69, 9.17) is 4.74 Å². The summed E-state index contributed by atoms with van der Waals surface area (Å²) in [7, 11) is 2.08. The minimum Gasteiger partial charge on any atom is -0.353 e. The molecule has 0 aromatic heterocycles. The minimum atomic E-state index is -0.559. The van der Waals surface area contributed by atoms with E-state index in [2.05, 4.69) is 32.7 Å². The number of piperazine rings is 1. The molecule has 0 unspecified atom stereocenters. The highest BCUT2D eigenvalue weighted by Gasteiger charge is 2.54. The largest absolute Gasteiger partial charge is 0.353 e. The third kappa shape index (κ3) is 3.91. The van der Waals surface area contributed by atoms with E-state index in [1.807, 2.05) is 9.80 Å². The van der Waals surface area contributed by atoms with Crippen molar-refractivity contribution in [3.8, 4) is 0 Å². The first kappa shape index (κ1) is 19.6. The molecule has 2 aliphatic heterocycles. The van der Waals surface area contributed by atoms with Gasteiger partial charge in [-0.15, -0.1) is 0 Å². The summed E-state index contributed by atoms with van der Waals surface area (Å²) in [4.78, 5) is 32.4. The number of likely N-dealkylation sites (N-methyl/N-ethyl adjacent to an activating group) is 1. The lowest BCUT2D eigenvalue weighted by Gasteiger charge is -2.44. The first-order valence-electron chi connectivity index (χ1n) is 10.3. The quantitative estimate of drug-likeness (QED) is 0.767. The van der Waals surface area contributed by atoms with Gasteiger partial charge in [0.25, 0.3) is 0 Å². The summed E-state index contributed by atoms with van der Waals surface area (Å²) >= 11 is 0. The molecule has 2 heterocycles. The van der Waals surface area contributed by atoms with E-state index < -0.39 is 11.8 Å². The molecule has 0 N–H and O–H groups in total. The van der Waals surface area contributed by atoms with Crippen molar-refractivity contribution in [2.75, 3.05) is 39.8 Å². The van der Waals surface area contributed by atoms with Crippen LogP contribution in [0.1, 0.15) is 52.9 Å². The molecule has 26 heavy (non-hydrogen) atoms. The van der Waals surface area contributed by atoms with E-state index in [1.54, 1.807) is 0 Å². The summed E-state index contributed by atoms with van der Waals surface area (Å²) in [5.41, 5.74) is -0.559. The van der Waals surface area contributed by atoms with Crippen molar-refractivity contribution in [3.05, 3.63) is 0 Å². The van der Waals surface area contributed by atoms with Gasteiger partial charge < -0.3 is 14.5 Å². The Kier molecular flexibility index (Phi) is 5.92. The Bertz CT molecular complexity index is 530. The fourth-order valence-corrected chi connectivity index (χ4v) is 4.76. The van der Waals surface area contributed by atoms with Gasteiger partial charge in [-0.1, -0.05) is 27.2 Å². The second kappa shape index (κ2) is 7.85. The van der Waals surface area contributed by atoms with Crippen molar-refractivity contribution in [2.45, 2.75) is 64.6 Å². The van der Waals surface area contributed by atoms with Crippen LogP contribution in [0.15, 0.2) is 0 Å². The Hall–Kier alpha value is -1.14. The number of carbonyl (C=O) groups excluding carboxylic acids is 2. The van der Waals surface area contributed by atoms with Gasteiger partial charge in [-0.3, -0.25) is 14.5 Å². The van der Waals surface area contributed by atoms with Gasteiger partial charge >= 0.3 is 0 Å². The van der Waals surface area contributed by atoms with Crippen LogP contribution in [0.5, 0.6) is 0 Å². The highest BCUT2D eigenvalue weighted by Crippen LogP contribution is 2.43. The smallest absolute Gasteiger partial charge is 0.247 e. The topological polar surface area (TPSA) is 53.1 Å². The van der Waals surface area contributed by atoms with E-state index in [0.29, 0.717) is 18.9 Å². The maximum Gasteiger partial charge on any atom is 0.247 e. The SMILES string of the molecule is CC(C)CC(=O)N1[C@H](C(=O)N2CCN(C)CC2)CO[C@@]12CCC[C@@H](C)C2. The first-order chi connectivity index (χ1) is 12.3. The van der Waals surface area contributed by atoms with Crippen LogP contribution in [0.25, 0.3) is 0 Å². The number of nitrogens with zero attached hydrogens (tertiary/aromatic N) is 3. The maximum absolute atomic E-state index is 13.2. The number of ether oxygens (including phenoxy) is 1. The third-order valence-electron chi connectivity index (χ3n) is 6.14. The van der Waals surface area contributed by atoms with Gasteiger partial charge in [0.1, 0.15) is 11.8 Å². The molecule has 2 saturated heterocycles. The molecule has 3 fully saturated rings. The zero-order chi connectivity index (χ0) is 18.9. The van der Waals surface area contributed by atoms with Gasteiger partial charge in [0.2, 0.25) is 11.8 Å². The lowest BCUT2D eigenvalue weighted by atomic mass is 9.83. The Morgan fingerprint density at radius 3 is 2.50 bits per heavy atom. The van der Waals surface area contributed by atoms with Crippen LogP contribution in [0, 0.1) is 11.8 Å². The predicted molar refractivity (Wildman–Crippen MR) is 100 cm³/mol. The van der Waals surface area contributed by atoms with Crippen molar-refractivity contribution in [1.29, 1.82) is 0 Å². The van der Waals surface area contributed by atoms with Crippen molar-refractivity contribution < 1.29 is 14.3 Å². The molecule has 3 rings (SSSR count). The number of hydrogen-bond acceptors (Lipinski definition) is 4. The van der Waals surface area contributed by atoms with Crippen LogP contribution in [0.4, 0.5) is 0 Å². The van der Waals surface area contributed by atoms with E-state index in [-0.39, 0.29) is 17.7 Å². The van der Waals surface area contributed by atoms with Gasteiger partial charge in [-0.2, -0.15) is 0 Å². The number of amides is 2. The molecule has 6 nitrogen and oxygen atoms in total. The van der Waals surface area contributed by atoms with Gasteiger partial charge in [0.05, 0.1) is 6.61 Å². The molecule has 3 atom stereocenters. The van der Waals surface area contributed by atoms with Crippen LogP contribution in [-0.2, 0) is 14.3 Å². The monoisotopic (exact) mass is 365 g/mol. The average molecular weight is 366 g/mol. The lowest BCUT2D eigenvalue weighted by Crippen LogP contribution is -2.59. The van der Waals surface area contributed by atoms with Crippen LogP contribution in [0.3, 0.4) is 0 Å². The normalized spacial score (nSPS) is 33.3. The second-order valence-electron chi connectivity index (χ2n) is 8.96.